The molecule has 2 saturated carbocycles. The zero-order valence-electron chi connectivity index (χ0n) is 16.8. The van der Waals surface area contributed by atoms with Crippen LogP contribution in [0, 0.1) is 17.8 Å². The number of benzene rings is 1. The largest absolute Gasteiger partial charge is 0.492 e. The van der Waals surface area contributed by atoms with Gasteiger partial charge in [0.2, 0.25) is 5.91 Å². The van der Waals surface area contributed by atoms with Crippen LogP contribution in [0.3, 0.4) is 0 Å². The minimum Gasteiger partial charge on any atom is -0.492 e. The first-order valence-corrected chi connectivity index (χ1v) is 10.6. The Morgan fingerprint density at radius 3 is 2.37 bits per heavy atom. The summed E-state index contributed by atoms with van der Waals surface area (Å²) in [7, 11) is 0. The molecule has 5 heteroatoms. The molecule has 27 heavy (non-hydrogen) atoms. The lowest BCUT2D eigenvalue weighted by molar-refractivity contribution is -0.122. The fourth-order valence-electron chi connectivity index (χ4n) is 4.71. The molecule has 150 valence electrons. The van der Waals surface area contributed by atoms with Crippen LogP contribution in [0.4, 0.5) is 5.69 Å². The molecular formula is C22H35N3O2. The van der Waals surface area contributed by atoms with Crippen LogP contribution in [-0.2, 0) is 4.79 Å². The monoisotopic (exact) mass is 373 g/mol. The Labute approximate surface area is 163 Å². The molecule has 0 heterocycles. The summed E-state index contributed by atoms with van der Waals surface area (Å²) in [5, 5.41) is 3.09. The molecule has 5 nitrogen and oxygen atoms in total. The van der Waals surface area contributed by atoms with Crippen molar-refractivity contribution in [1.82, 2.24) is 4.90 Å². The van der Waals surface area contributed by atoms with E-state index >= 15 is 0 Å². The Morgan fingerprint density at radius 1 is 1.15 bits per heavy atom. The van der Waals surface area contributed by atoms with E-state index in [1.807, 2.05) is 24.3 Å². The van der Waals surface area contributed by atoms with Crippen molar-refractivity contribution in [2.24, 2.45) is 23.5 Å². The average Bonchev–Trinajstić information content (AvgIpc) is 2.66. The number of amides is 1. The van der Waals surface area contributed by atoms with Gasteiger partial charge in [0, 0.05) is 24.2 Å². The van der Waals surface area contributed by atoms with Crippen molar-refractivity contribution in [3.63, 3.8) is 0 Å². The van der Waals surface area contributed by atoms with Crippen molar-refractivity contribution in [2.75, 3.05) is 31.6 Å². The number of nitrogens with two attached hydrogens (primary N) is 1. The van der Waals surface area contributed by atoms with E-state index in [1.165, 1.54) is 19.3 Å². The molecule has 2 unspecified atom stereocenters. The fraction of sp³-hybridized carbons (Fsp3) is 0.682. The minimum absolute atomic E-state index is 0.102. The summed E-state index contributed by atoms with van der Waals surface area (Å²) < 4.78 is 5.81. The third kappa shape index (κ3) is 5.23. The van der Waals surface area contributed by atoms with Gasteiger partial charge < -0.3 is 20.7 Å². The molecule has 2 aliphatic carbocycles. The lowest BCUT2D eigenvalue weighted by Gasteiger charge is -2.43. The Hall–Kier alpha value is -1.59. The average molecular weight is 374 g/mol. The maximum absolute atomic E-state index is 12.7. The first-order valence-electron chi connectivity index (χ1n) is 10.6. The summed E-state index contributed by atoms with van der Waals surface area (Å²) in [6, 6.07) is 8.03. The number of fused-ring (bicyclic) bond motifs is 2. The van der Waals surface area contributed by atoms with E-state index in [2.05, 4.69) is 24.1 Å². The van der Waals surface area contributed by atoms with Crippen LogP contribution in [0.25, 0.3) is 0 Å². The third-order valence-corrected chi connectivity index (χ3v) is 6.48. The number of hydrogen-bond acceptors (Lipinski definition) is 4. The smallest absolute Gasteiger partial charge is 0.227 e. The lowest BCUT2D eigenvalue weighted by atomic mass is 9.65. The van der Waals surface area contributed by atoms with Crippen LogP contribution in [0.5, 0.6) is 5.75 Å². The topological polar surface area (TPSA) is 67.6 Å². The molecule has 0 aliphatic heterocycles. The van der Waals surface area contributed by atoms with Gasteiger partial charge in [0.1, 0.15) is 12.4 Å². The Morgan fingerprint density at radius 2 is 1.78 bits per heavy atom. The quantitative estimate of drug-likeness (QED) is 0.732. The van der Waals surface area contributed by atoms with Crippen LogP contribution in [0.2, 0.25) is 0 Å². The molecule has 3 N–H and O–H groups in total. The second kappa shape index (κ2) is 9.56. The summed E-state index contributed by atoms with van der Waals surface area (Å²) in [4.78, 5) is 15.0. The lowest BCUT2D eigenvalue weighted by Crippen LogP contribution is -2.48. The Kier molecular flexibility index (Phi) is 7.13. The first-order chi connectivity index (χ1) is 13.1. The van der Waals surface area contributed by atoms with E-state index in [0.29, 0.717) is 24.5 Å². The van der Waals surface area contributed by atoms with Gasteiger partial charge in [-0.3, -0.25) is 4.79 Å². The van der Waals surface area contributed by atoms with Gasteiger partial charge >= 0.3 is 0 Å². The maximum atomic E-state index is 12.7. The van der Waals surface area contributed by atoms with Gasteiger partial charge in [-0.25, -0.2) is 0 Å². The highest BCUT2D eigenvalue weighted by atomic mass is 16.5. The molecule has 2 atom stereocenters. The fourth-order valence-corrected chi connectivity index (χ4v) is 4.71. The summed E-state index contributed by atoms with van der Waals surface area (Å²) >= 11 is 0. The number of nitrogens with one attached hydrogen (secondary N) is 1. The van der Waals surface area contributed by atoms with E-state index in [9.17, 15) is 4.79 Å². The SMILES string of the molecule is CCN(CC)CCOc1ccc(NC(=O)C2CC3CCCC(C2)C3N)cc1. The van der Waals surface area contributed by atoms with Gasteiger partial charge in [-0.2, -0.15) is 0 Å². The summed E-state index contributed by atoms with van der Waals surface area (Å²) in [6.07, 6.45) is 5.52. The van der Waals surface area contributed by atoms with Crippen molar-refractivity contribution in [3.05, 3.63) is 24.3 Å². The standard InChI is InChI=1S/C22H35N3O2/c1-3-25(4-2)12-13-27-20-10-8-19(9-11-20)24-22(26)18-14-16-6-5-7-17(15-18)21(16)23/h8-11,16-18,21H,3-7,12-15,23H2,1-2H3,(H,24,26). The molecule has 0 spiro atoms. The normalized spacial score (nSPS) is 27.4. The van der Waals surface area contributed by atoms with Gasteiger partial charge in [-0.05, 0) is 74.9 Å². The predicted molar refractivity (Wildman–Crippen MR) is 110 cm³/mol. The third-order valence-electron chi connectivity index (χ3n) is 6.48. The highest BCUT2D eigenvalue weighted by molar-refractivity contribution is 5.92. The predicted octanol–water partition coefficient (Wildman–Crippen LogP) is 3.50. The zero-order valence-corrected chi connectivity index (χ0v) is 16.8. The van der Waals surface area contributed by atoms with Crippen molar-refractivity contribution in [2.45, 2.75) is 52.0 Å². The second-order valence-corrected chi connectivity index (χ2v) is 8.09. The highest BCUT2D eigenvalue weighted by Gasteiger charge is 2.40. The minimum atomic E-state index is 0.102. The van der Waals surface area contributed by atoms with Crippen LogP contribution >= 0.6 is 0 Å². The molecule has 1 aromatic rings. The number of carbonyl (C=O) groups is 1. The molecule has 1 amide bonds. The number of anilines is 1. The number of ether oxygens (including phenoxy) is 1. The number of likely N-dealkylation sites (N-methyl/N-ethyl adjacent to an activating group) is 1. The summed E-state index contributed by atoms with van der Waals surface area (Å²) in [6.45, 7) is 8.01. The van der Waals surface area contributed by atoms with Gasteiger partial charge in [0.15, 0.2) is 0 Å². The summed E-state index contributed by atoms with van der Waals surface area (Å²) in [5.74, 6) is 2.14. The molecule has 0 radical (unpaired) electrons. The molecule has 0 aromatic heterocycles. The van der Waals surface area contributed by atoms with Crippen LogP contribution < -0.4 is 15.8 Å². The van der Waals surface area contributed by atoms with Crippen LogP contribution in [-0.4, -0.2) is 43.1 Å². The van der Waals surface area contributed by atoms with E-state index in [-0.39, 0.29) is 11.8 Å². The molecule has 2 aliphatic rings. The van der Waals surface area contributed by atoms with Crippen molar-refractivity contribution in [3.8, 4) is 5.75 Å². The molecule has 3 rings (SSSR count). The van der Waals surface area contributed by atoms with Crippen LogP contribution in [0.15, 0.2) is 24.3 Å². The molecule has 1 aromatic carbocycles. The Bertz CT molecular complexity index is 586. The molecular weight excluding hydrogens is 338 g/mol. The molecule has 2 fully saturated rings. The zero-order chi connectivity index (χ0) is 19.2. The van der Waals surface area contributed by atoms with Gasteiger partial charge in [0.05, 0.1) is 0 Å². The van der Waals surface area contributed by atoms with Crippen molar-refractivity contribution in [1.29, 1.82) is 0 Å². The van der Waals surface area contributed by atoms with Gasteiger partial charge in [-0.15, -0.1) is 0 Å². The number of nitrogens with zero attached hydrogens (tertiary/aromatic N) is 1. The molecule has 0 saturated heterocycles. The molecule has 2 bridgehead atoms. The van der Waals surface area contributed by atoms with Gasteiger partial charge in [0.25, 0.3) is 0 Å². The second-order valence-electron chi connectivity index (χ2n) is 8.09. The van der Waals surface area contributed by atoms with Crippen LogP contribution in [0.1, 0.15) is 46.0 Å². The van der Waals surface area contributed by atoms with Crippen molar-refractivity contribution >= 4 is 11.6 Å². The van der Waals surface area contributed by atoms with E-state index in [4.69, 9.17) is 10.5 Å². The Balaban J connectivity index is 1.47. The summed E-state index contributed by atoms with van der Waals surface area (Å²) in [5.41, 5.74) is 7.19. The number of rotatable bonds is 8. The van der Waals surface area contributed by atoms with E-state index < -0.39 is 0 Å². The van der Waals surface area contributed by atoms with Crippen molar-refractivity contribution < 1.29 is 9.53 Å². The number of carbonyl (C=O) groups excluding carboxylic acids is 1. The van der Waals surface area contributed by atoms with E-state index in [0.717, 1.165) is 43.9 Å². The highest BCUT2D eigenvalue weighted by Crippen LogP contribution is 2.42. The maximum Gasteiger partial charge on any atom is 0.227 e. The van der Waals surface area contributed by atoms with E-state index in [1.54, 1.807) is 0 Å². The number of hydrogen-bond donors (Lipinski definition) is 2. The van der Waals surface area contributed by atoms with Gasteiger partial charge in [-0.1, -0.05) is 20.3 Å². The first kappa shape index (κ1) is 20.2.